The molecule has 0 fully saturated rings. The minimum atomic E-state index is -3.86. The zero-order valence-electron chi connectivity index (χ0n) is 12.2. The van der Waals surface area contributed by atoms with Gasteiger partial charge in [-0.15, -0.1) is 0 Å². The van der Waals surface area contributed by atoms with Crippen molar-refractivity contribution in [2.75, 3.05) is 6.66 Å². The summed E-state index contributed by atoms with van der Waals surface area (Å²) >= 11 is 0. The largest absolute Gasteiger partial charge is 0.346 e. The van der Waals surface area contributed by atoms with E-state index in [2.05, 4.69) is 15.3 Å². The Labute approximate surface area is 122 Å². The first-order chi connectivity index (χ1) is 9.44. The van der Waals surface area contributed by atoms with E-state index in [-0.39, 0.29) is 0 Å². The lowest BCUT2D eigenvalue weighted by Crippen LogP contribution is -2.53. The van der Waals surface area contributed by atoms with E-state index in [4.69, 9.17) is 10.6 Å². The van der Waals surface area contributed by atoms with Crippen LogP contribution in [0.1, 0.15) is 20.8 Å². The van der Waals surface area contributed by atoms with Gasteiger partial charge in [-0.25, -0.2) is 5.48 Å². The second kappa shape index (κ2) is 8.08. The van der Waals surface area contributed by atoms with Crippen LogP contribution in [0.25, 0.3) is 0 Å². The van der Waals surface area contributed by atoms with Crippen molar-refractivity contribution in [3.05, 3.63) is 0 Å². The van der Waals surface area contributed by atoms with Gasteiger partial charge in [0.05, 0.1) is 6.04 Å². The summed E-state index contributed by atoms with van der Waals surface area (Å²) in [7, 11) is -3.86. The smallest absolute Gasteiger partial charge is 0.343 e. The summed E-state index contributed by atoms with van der Waals surface area (Å²) in [5.74, 6) is -1.94. The van der Waals surface area contributed by atoms with Crippen LogP contribution in [0.4, 0.5) is 0 Å². The summed E-state index contributed by atoms with van der Waals surface area (Å²) < 4.78 is 15.1. The highest BCUT2D eigenvalue weighted by molar-refractivity contribution is 7.51. The lowest BCUT2D eigenvalue weighted by molar-refractivity contribution is -0.134. The van der Waals surface area contributed by atoms with Crippen molar-refractivity contribution < 1.29 is 28.5 Å². The van der Waals surface area contributed by atoms with Gasteiger partial charge in [-0.05, 0) is 20.8 Å². The molecule has 1 unspecified atom stereocenters. The molecular weight excluding hydrogens is 303 g/mol. The molecule has 11 heteroatoms. The van der Waals surface area contributed by atoms with E-state index in [1.54, 1.807) is 5.48 Å². The Hall–Kier alpha value is -1.48. The molecule has 0 aliphatic rings. The van der Waals surface area contributed by atoms with Crippen molar-refractivity contribution in [3.63, 3.8) is 0 Å². The maximum atomic E-state index is 11.7. The summed E-state index contributed by atoms with van der Waals surface area (Å²) in [5.41, 5.74) is 7.09. The third-order valence-corrected chi connectivity index (χ3v) is 2.66. The Morgan fingerprint density at radius 1 is 1.05 bits per heavy atom. The normalized spacial score (nSPS) is 17.8. The molecule has 6 N–H and O–H groups in total. The van der Waals surface area contributed by atoms with Gasteiger partial charge in [0.1, 0.15) is 12.1 Å². The van der Waals surface area contributed by atoms with E-state index in [1.807, 2.05) is 0 Å². The first-order valence-electron chi connectivity index (χ1n) is 6.09. The Morgan fingerprint density at radius 2 is 1.48 bits per heavy atom. The van der Waals surface area contributed by atoms with Crippen LogP contribution in [0.2, 0.25) is 0 Å². The number of hydrogen-bond donors (Lipinski definition) is 5. The summed E-state index contributed by atoms with van der Waals surface area (Å²) in [6.07, 6.45) is 0. The van der Waals surface area contributed by atoms with Crippen molar-refractivity contribution in [1.29, 1.82) is 0 Å². The van der Waals surface area contributed by atoms with Crippen LogP contribution >= 0.6 is 7.60 Å². The van der Waals surface area contributed by atoms with Crippen molar-refractivity contribution in [3.8, 4) is 0 Å². The molecule has 0 heterocycles. The number of nitrogens with one attached hydrogen (secondary N) is 3. The SMILES string of the molecule is C[C@H](N)C(=O)N[C@@H](C)C(=O)N[C@@H](C)C(=O)NOP(C)(=O)O. The number of hydroxylamine groups is 1. The maximum Gasteiger partial charge on any atom is 0.346 e. The average molecular weight is 324 g/mol. The van der Waals surface area contributed by atoms with E-state index in [0.717, 1.165) is 6.66 Å². The molecule has 0 aromatic rings. The van der Waals surface area contributed by atoms with Crippen LogP contribution in [0, 0.1) is 0 Å². The van der Waals surface area contributed by atoms with Crippen LogP contribution in [0.3, 0.4) is 0 Å². The molecule has 0 radical (unpaired) electrons. The van der Waals surface area contributed by atoms with Crippen molar-refractivity contribution >= 4 is 25.3 Å². The summed E-state index contributed by atoms with van der Waals surface area (Å²) in [6, 6.07) is -2.69. The highest BCUT2D eigenvalue weighted by Gasteiger charge is 2.23. The number of rotatable bonds is 7. The maximum absolute atomic E-state index is 11.7. The molecule has 0 spiro atoms. The van der Waals surface area contributed by atoms with Crippen molar-refractivity contribution in [2.24, 2.45) is 5.73 Å². The van der Waals surface area contributed by atoms with E-state index in [1.165, 1.54) is 20.8 Å². The molecule has 4 atom stereocenters. The topological polar surface area (TPSA) is 160 Å². The van der Waals surface area contributed by atoms with Gasteiger partial charge >= 0.3 is 7.60 Å². The first kappa shape index (κ1) is 19.5. The zero-order chi connectivity index (χ0) is 16.8. The van der Waals surface area contributed by atoms with Gasteiger partial charge in [-0.2, -0.15) is 4.62 Å². The minimum Gasteiger partial charge on any atom is -0.343 e. The molecule has 0 saturated heterocycles. The number of carbonyl (C=O) groups is 3. The molecule has 0 rings (SSSR count). The minimum absolute atomic E-state index is 0.509. The second-order valence-corrected chi connectivity index (χ2v) is 6.40. The number of carbonyl (C=O) groups excluding carboxylic acids is 3. The lowest BCUT2D eigenvalue weighted by atomic mass is 10.2. The second-order valence-electron chi connectivity index (χ2n) is 4.61. The number of amides is 3. The standard InChI is InChI=1S/C10H21N4O6P/c1-5(11)8(15)12-6(2)9(16)13-7(3)10(17)14-20-21(4,18)19/h5-7H,11H2,1-4H3,(H,12,15)(H,13,16)(H,14,17)(H,18,19)/t5-,6-,7-/m0/s1. The average Bonchev–Trinajstić information content (AvgIpc) is 2.34. The summed E-state index contributed by atoms with van der Waals surface area (Å²) in [4.78, 5) is 43.4. The molecule has 3 amide bonds. The highest BCUT2D eigenvalue weighted by Crippen LogP contribution is 2.34. The lowest BCUT2D eigenvalue weighted by Gasteiger charge is -2.19. The van der Waals surface area contributed by atoms with Crippen LogP contribution in [-0.2, 0) is 23.6 Å². The first-order valence-corrected chi connectivity index (χ1v) is 8.11. The van der Waals surface area contributed by atoms with Crippen LogP contribution < -0.4 is 21.8 Å². The fraction of sp³-hybridized carbons (Fsp3) is 0.700. The van der Waals surface area contributed by atoms with Gasteiger partial charge in [-0.3, -0.25) is 18.9 Å². The van der Waals surface area contributed by atoms with Crippen molar-refractivity contribution in [2.45, 2.75) is 38.9 Å². The van der Waals surface area contributed by atoms with E-state index in [9.17, 15) is 18.9 Å². The van der Waals surface area contributed by atoms with E-state index in [0.29, 0.717) is 0 Å². The molecule has 0 aromatic heterocycles. The summed E-state index contributed by atoms with van der Waals surface area (Å²) in [6.45, 7) is 5.12. The van der Waals surface area contributed by atoms with Gasteiger partial charge in [0.25, 0.3) is 5.91 Å². The van der Waals surface area contributed by atoms with Gasteiger partial charge in [0.2, 0.25) is 11.8 Å². The predicted molar refractivity (Wildman–Crippen MR) is 73.8 cm³/mol. The Morgan fingerprint density at radius 3 is 1.90 bits per heavy atom. The van der Waals surface area contributed by atoms with E-state index >= 15 is 0 Å². The van der Waals surface area contributed by atoms with Crippen LogP contribution in [0.5, 0.6) is 0 Å². The summed E-state index contributed by atoms with van der Waals surface area (Å²) in [5, 5.41) is 4.66. The molecule has 0 saturated carbocycles. The molecule has 21 heavy (non-hydrogen) atoms. The molecule has 10 nitrogen and oxygen atoms in total. The Balaban J connectivity index is 4.34. The third-order valence-electron chi connectivity index (χ3n) is 2.23. The fourth-order valence-electron chi connectivity index (χ4n) is 1.03. The van der Waals surface area contributed by atoms with Gasteiger partial charge < -0.3 is 21.3 Å². The van der Waals surface area contributed by atoms with Gasteiger partial charge in [-0.1, -0.05) is 0 Å². The number of hydrogen-bond acceptors (Lipinski definition) is 6. The molecule has 0 aromatic carbocycles. The molecular formula is C10H21N4O6P. The van der Waals surface area contributed by atoms with Crippen molar-refractivity contribution in [1.82, 2.24) is 16.1 Å². The van der Waals surface area contributed by atoms with E-state index < -0.39 is 43.4 Å². The fourth-order valence-corrected chi connectivity index (χ4v) is 1.29. The van der Waals surface area contributed by atoms with Gasteiger partial charge in [0, 0.05) is 6.66 Å². The molecule has 122 valence electrons. The van der Waals surface area contributed by atoms with Crippen LogP contribution in [0.15, 0.2) is 0 Å². The number of nitrogens with two attached hydrogens (primary N) is 1. The zero-order valence-corrected chi connectivity index (χ0v) is 13.1. The Kier molecular flexibility index (Phi) is 7.51. The van der Waals surface area contributed by atoms with Gasteiger partial charge in [0.15, 0.2) is 0 Å². The van der Waals surface area contributed by atoms with Crippen LogP contribution in [-0.4, -0.2) is 47.4 Å². The predicted octanol–water partition coefficient (Wildman–Crippen LogP) is -1.79. The highest BCUT2D eigenvalue weighted by atomic mass is 31.2. The quantitative estimate of drug-likeness (QED) is 0.273. The molecule has 0 aliphatic carbocycles. The Bertz CT molecular complexity index is 449. The third kappa shape index (κ3) is 8.41. The molecule has 0 aliphatic heterocycles. The molecule has 0 bridgehead atoms. The monoisotopic (exact) mass is 324 g/mol.